The van der Waals surface area contributed by atoms with Crippen LogP contribution in [0.1, 0.15) is 10.4 Å². The van der Waals surface area contributed by atoms with E-state index in [4.69, 9.17) is 34.8 Å². The summed E-state index contributed by atoms with van der Waals surface area (Å²) in [5.74, 6) is -0.248. The molecule has 0 amide bonds. The Kier molecular flexibility index (Phi) is 4.24. The van der Waals surface area contributed by atoms with Gasteiger partial charge in [0, 0.05) is 11.8 Å². The number of hydrogen-bond donors (Lipinski definition) is 0. The predicted molar refractivity (Wildman–Crippen MR) is 73.8 cm³/mol. The van der Waals surface area contributed by atoms with Crippen molar-refractivity contribution in [1.29, 1.82) is 0 Å². The quantitative estimate of drug-likeness (QED) is 0.623. The van der Waals surface area contributed by atoms with Crippen LogP contribution in [0.4, 0.5) is 0 Å². The maximum absolute atomic E-state index is 11.4. The molecule has 1 aromatic heterocycles. The van der Waals surface area contributed by atoms with Crippen LogP contribution in [0.5, 0.6) is 0 Å². The molecule has 1 heterocycles. The maximum atomic E-state index is 11.4. The molecule has 0 atom stereocenters. The summed E-state index contributed by atoms with van der Waals surface area (Å²) in [5, 5.41) is 0.835. The highest BCUT2D eigenvalue weighted by Gasteiger charge is 2.14. The zero-order valence-corrected chi connectivity index (χ0v) is 11.9. The lowest BCUT2D eigenvalue weighted by Crippen LogP contribution is -2.05. The van der Waals surface area contributed by atoms with E-state index < -0.39 is 5.97 Å². The Balaban J connectivity index is 2.44. The van der Waals surface area contributed by atoms with E-state index in [0.717, 1.165) is 0 Å². The molecule has 0 aliphatic rings. The van der Waals surface area contributed by atoms with E-state index in [0.29, 0.717) is 21.4 Å². The van der Waals surface area contributed by atoms with Gasteiger partial charge in [-0.1, -0.05) is 34.8 Å². The molecule has 19 heavy (non-hydrogen) atoms. The fourth-order valence-electron chi connectivity index (χ4n) is 1.38. The van der Waals surface area contributed by atoms with E-state index in [1.807, 2.05) is 0 Å². The standard InChI is InChI=1S/C12H7Cl3N2O2/c1-19-12(18)7-5-16-11(17-10(7)15)6-2-3-8(13)9(14)4-6/h2-5H,1H3. The lowest BCUT2D eigenvalue weighted by atomic mass is 10.2. The highest BCUT2D eigenvalue weighted by molar-refractivity contribution is 6.42. The third kappa shape index (κ3) is 2.97. The van der Waals surface area contributed by atoms with Crippen molar-refractivity contribution >= 4 is 40.8 Å². The SMILES string of the molecule is COC(=O)c1cnc(-c2ccc(Cl)c(Cl)c2)nc1Cl. The van der Waals surface area contributed by atoms with Crippen LogP contribution >= 0.6 is 34.8 Å². The van der Waals surface area contributed by atoms with Gasteiger partial charge in [0.05, 0.1) is 17.2 Å². The number of aromatic nitrogens is 2. The Labute approximate surface area is 124 Å². The summed E-state index contributed by atoms with van der Waals surface area (Å²) in [6.07, 6.45) is 1.30. The molecule has 2 aromatic rings. The van der Waals surface area contributed by atoms with Crippen molar-refractivity contribution in [1.82, 2.24) is 9.97 Å². The minimum absolute atomic E-state index is 0.0166. The summed E-state index contributed by atoms with van der Waals surface area (Å²) >= 11 is 17.7. The average molecular weight is 318 g/mol. The molecule has 0 fully saturated rings. The van der Waals surface area contributed by atoms with Gasteiger partial charge in [-0.2, -0.15) is 0 Å². The summed E-state index contributed by atoms with van der Waals surface area (Å²) in [4.78, 5) is 19.4. The molecular weight excluding hydrogens is 311 g/mol. The Morgan fingerprint density at radius 1 is 1.21 bits per heavy atom. The fraction of sp³-hybridized carbons (Fsp3) is 0.0833. The van der Waals surface area contributed by atoms with Crippen molar-refractivity contribution in [3.8, 4) is 11.4 Å². The number of carbonyl (C=O) groups excluding carboxylic acids is 1. The van der Waals surface area contributed by atoms with Gasteiger partial charge >= 0.3 is 5.97 Å². The lowest BCUT2D eigenvalue weighted by Gasteiger charge is -2.05. The molecule has 7 heteroatoms. The summed E-state index contributed by atoms with van der Waals surface area (Å²) in [5.41, 5.74) is 0.751. The largest absolute Gasteiger partial charge is 0.465 e. The number of nitrogens with zero attached hydrogens (tertiary/aromatic N) is 2. The normalized spacial score (nSPS) is 10.3. The van der Waals surface area contributed by atoms with Crippen molar-refractivity contribution in [2.75, 3.05) is 7.11 Å². The lowest BCUT2D eigenvalue weighted by molar-refractivity contribution is 0.0600. The number of rotatable bonds is 2. The number of halogens is 3. The number of esters is 1. The van der Waals surface area contributed by atoms with Gasteiger partial charge in [0.15, 0.2) is 5.82 Å². The van der Waals surface area contributed by atoms with Crippen LogP contribution < -0.4 is 0 Å². The molecule has 0 aliphatic carbocycles. The molecule has 4 nitrogen and oxygen atoms in total. The molecule has 0 spiro atoms. The first-order chi connectivity index (χ1) is 9.02. The van der Waals surface area contributed by atoms with Crippen LogP contribution in [0.2, 0.25) is 15.2 Å². The van der Waals surface area contributed by atoms with Gasteiger partial charge in [-0.15, -0.1) is 0 Å². The van der Waals surface area contributed by atoms with E-state index in [9.17, 15) is 4.79 Å². The van der Waals surface area contributed by atoms with Crippen LogP contribution in [-0.4, -0.2) is 23.0 Å². The van der Waals surface area contributed by atoms with Crippen molar-refractivity contribution < 1.29 is 9.53 Å². The topological polar surface area (TPSA) is 52.1 Å². The van der Waals surface area contributed by atoms with E-state index in [2.05, 4.69) is 14.7 Å². The summed E-state index contributed by atoms with van der Waals surface area (Å²) < 4.78 is 4.56. The van der Waals surface area contributed by atoms with Crippen molar-refractivity contribution in [3.63, 3.8) is 0 Å². The zero-order chi connectivity index (χ0) is 14.0. The Bertz CT molecular complexity index is 647. The third-order valence-corrected chi connectivity index (χ3v) is 3.35. The first-order valence-corrected chi connectivity index (χ1v) is 6.22. The minimum atomic E-state index is -0.592. The molecule has 0 aliphatic heterocycles. The Morgan fingerprint density at radius 3 is 2.53 bits per heavy atom. The van der Waals surface area contributed by atoms with Crippen LogP contribution in [0, 0.1) is 0 Å². The third-order valence-electron chi connectivity index (χ3n) is 2.33. The number of ether oxygens (including phenoxy) is 1. The molecule has 2 rings (SSSR count). The number of methoxy groups -OCH3 is 1. The second kappa shape index (κ2) is 5.74. The first kappa shape index (κ1) is 14.1. The van der Waals surface area contributed by atoms with Crippen LogP contribution in [0.3, 0.4) is 0 Å². The van der Waals surface area contributed by atoms with Crippen LogP contribution in [0.25, 0.3) is 11.4 Å². The van der Waals surface area contributed by atoms with Crippen LogP contribution in [0.15, 0.2) is 24.4 Å². The van der Waals surface area contributed by atoms with Crippen molar-refractivity contribution in [3.05, 3.63) is 45.2 Å². The second-order valence-corrected chi connectivity index (χ2v) is 4.69. The maximum Gasteiger partial charge on any atom is 0.342 e. The zero-order valence-electron chi connectivity index (χ0n) is 9.65. The monoisotopic (exact) mass is 316 g/mol. The Hall–Kier alpha value is -1.36. The van der Waals surface area contributed by atoms with Gasteiger partial charge in [0.2, 0.25) is 0 Å². The summed E-state index contributed by atoms with van der Waals surface area (Å²) in [6.45, 7) is 0. The molecule has 0 saturated heterocycles. The molecule has 0 unspecified atom stereocenters. The van der Waals surface area contributed by atoms with Gasteiger partial charge in [-0.25, -0.2) is 14.8 Å². The second-order valence-electron chi connectivity index (χ2n) is 3.52. The first-order valence-electron chi connectivity index (χ1n) is 5.09. The molecule has 98 valence electrons. The van der Waals surface area contributed by atoms with E-state index in [1.54, 1.807) is 18.2 Å². The minimum Gasteiger partial charge on any atom is -0.465 e. The highest BCUT2D eigenvalue weighted by atomic mass is 35.5. The molecule has 0 bridgehead atoms. The predicted octanol–water partition coefficient (Wildman–Crippen LogP) is 3.89. The van der Waals surface area contributed by atoms with Gasteiger partial charge in [0.25, 0.3) is 0 Å². The van der Waals surface area contributed by atoms with Gasteiger partial charge < -0.3 is 4.74 Å². The molecule has 0 N–H and O–H groups in total. The molecule has 0 radical (unpaired) electrons. The van der Waals surface area contributed by atoms with Gasteiger partial charge in [-0.3, -0.25) is 0 Å². The van der Waals surface area contributed by atoms with Crippen LogP contribution in [-0.2, 0) is 4.74 Å². The highest BCUT2D eigenvalue weighted by Crippen LogP contribution is 2.27. The number of carbonyl (C=O) groups is 1. The van der Waals surface area contributed by atoms with E-state index in [1.165, 1.54) is 13.3 Å². The molecular formula is C12H7Cl3N2O2. The van der Waals surface area contributed by atoms with Crippen molar-refractivity contribution in [2.45, 2.75) is 0 Å². The Morgan fingerprint density at radius 2 is 1.95 bits per heavy atom. The molecule has 0 saturated carbocycles. The van der Waals surface area contributed by atoms with Gasteiger partial charge in [-0.05, 0) is 18.2 Å². The average Bonchev–Trinajstić information content (AvgIpc) is 2.41. The number of hydrogen-bond acceptors (Lipinski definition) is 4. The smallest absolute Gasteiger partial charge is 0.342 e. The summed E-state index contributed by atoms with van der Waals surface area (Å²) in [7, 11) is 1.26. The van der Waals surface area contributed by atoms with Crippen molar-refractivity contribution in [2.24, 2.45) is 0 Å². The van der Waals surface area contributed by atoms with E-state index in [-0.39, 0.29) is 10.7 Å². The van der Waals surface area contributed by atoms with Gasteiger partial charge in [0.1, 0.15) is 10.7 Å². The fourth-order valence-corrected chi connectivity index (χ4v) is 1.89. The van der Waals surface area contributed by atoms with E-state index >= 15 is 0 Å². The summed E-state index contributed by atoms with van der Waals surface area (Å²) in [6, 6.07) is 4.95. The number of benzene rings is 1. The molecule has 1 aromatic carbocycles.